The third kappa shape index (κ3) is 3.02. The fourth-order valence-corrected chi connectivity index (χ4v) is 3.94. The lowest BCUT2D eigenvalue weighted by molar-refractivity contribution is -0.102. The topological polar surface area (TPSA) is 50.8 Å². The average molecular weight is 276 g/mol. The van der Waals surface area contributed by atoms with Crippen molar-refractivity contribution < 1.29 is 18.8 Å². The van der Waals surface area contributed by atoms with E-state index in [-0.39, 0.29) is 34.4 Å². The van der Waals surface area contributed by atoms with Crippen molar-refractivity contribution in [2.45, 2.75) is 69.0 Å². The molecule has 0 bridgehead atoms. The molecule has 3 unspecified atom stereocenters. The molecule has 5 heteroatoms. The minimum atomic E-state index is -0.901. The number of hydrogen-bond donors (Lipinski definition) is 0. The van der Waals surface area contributed by atoms with E-state index in [0.29, 0.717) is 13.2 Å². The number of rotatable bonds is 3. The number of hydrogen-bond acceptors (Lipinski definition) is 4. The van der Waals surface area contributed by atoms with Crippen molar-refractivity contribution in [3.63, 3.8) is 0 Å². The first kappa shape index (κ1) is 14.6. The molecule has 2 fully saturated rings. The molecule has 0 aromatic rings. The van der Waals surface area contributed by atoms with Gasteiger partial charge in [0, 0.05) is 0 Å². The third-order valence-corrected chi connectivity index (χ3v) is 5.16. The molecule has 2 rings (SSSR count). The highest BCUT2D eigenvalue weighted by Gasteiger charge is 2.54. The maximum absolute atomic E-state index is 12.2. The molecular weight excluding hydrogens is 252 g/mol. The minimum absolute atomic E-state index is 0.0106. The number of fused-ring (bicyclic) bond motifs is 1. The maximum Gasteiger partial charge on any atom is 0.167 e. The molecule has 0 amide bonds. The van der Waals surface area contributed by atoms with Crippen LogP contribution in [0.15, 0.2) is 0 Å². The van der Waals surface area contributed by atoms with Crippen LogP contribution in [0.25, 0.3) is 0 Å². The van der Waals surface area contributed by atoms with Gasteiger partial charge in [-0.3, -0.25) is 0 Å². The summed E-state index contributed by atoms with van der Waals surface area (Å²) in [5, 5.41) is 0.132. The molecule has 2 saturated heterocycles. The van der Waals surface area contributed by atoms with Crippen LogP contribution in [0.2, 0.25) is 0 Å². The predicted molar refractivity (Wildman–Crippen MR) is 71.2 cm³/mol. The summed E-state index contributed by atoms with van der Waals surface area (Å²) in [5.41, 5.74) is -0.207. The first-order chi connectivity index (χ1) is 8.29. The normalized spacial score (nSPS) is 38.2. The zero-order chi connectivity index (χ0) is 13.5. The highest BCUT2D eigenvalue weighted by atomic mass is 32.2. The van der Waals surface area contributed by atoms with Gasteiger partial charge in [-0.25, -0.2) is 0 Å². The lowest BCUT2D eigenvalue weighted by Gasteiger charge is -2.26. The van der Waals surface area contributed by atoms with Crippen molar-refractivity contribution in [3.8, 4) is 0 Å². The van der Waals surface area contributed by atoms with Gasteiger partial charge in [-0.15, -0.1) is 0 Å². The van der Waals surface area contributed by atoms with E-state index in [1.807, 2.05) is 34.6 Å². The highest BCUT2D eigenvalue weighted by Crippen LogP contribution is 2.35. The second-order valence-corrected chi connectivity index (χ2v) is 8.49. The molecule has 2 aliphatic rings. The Balaban J connectivity index is 1.99. The summed E-state index contributed by atoms with van der Waals surface area (Å²) in [6.45, 7) is 11.1. The summed E-state index contributed by atoms with van der Waals surface area (Å²) < 4.78 is 29.7. The minimum Gasteiger partial charge on any atom is -0.616 e. The number of ether oxygens (including phenoxy) is 3. The summed E-state index contributed by atoms with van der Waals surface area (Å²) in [6.07, 6.45) is -0.165. The van der Waals surface area contributed by atoms with Gasteiger partial charge in [-0.1, -0.05) is 0 Å². The Morgan fingerprint density at radius 3 is 2.33 bits per heavy atom. The molecular formula is C13H24O4S. The largest absolute Gasteiger partial charge is 0.616 e. The summed E-state index contributed by atoms with van der Waals surface area (Å²) in [4.78, 5) is 0. The fourth-order valence-electron chi connectivity index (χ4n) is 2.53. The molecule has 0 radical (unpaired) electrons. The molecule has 5 atom stereocenters. The van der Waals surface area contributed by atoms with E-state index < -0.39 is 11.2 Å². The van der Waals surface area contributed by atoms with Crippen molar-refractivity contribution >= 4 is 11.2 Å². The van der Waals surface area contributed by atoms with Gasteiger partial charge < -0.3 is 18.8 Å². The Labute approximate surface area is 113 Å². The second kappa shape index (κ2) is 5.29. The van der Waals surface area contributed by atoms with Crippen LogP contribution >= 0.6 is 0 Å². The standard InChI is InChI=1S/C13H24O4S/c1-8(2)18(14)10-7-16-11-9(6-15-12(10)11)17-13(3,4)5/h8-12H,6-7H2,1-5H3/t9?,10?,11-,12-,18?/m1/s1. The van der Waals surface area contributed by atoms with E-state index in [4.69, 9.17) is 14.2 Å². The molecule has 0 N–H and O–H groups in total. The summed E-state index contributed by atoms with van der Waals surface area (Å²) in [6, 6.07) is 0. The van der Waals surface area contributed by atoms with Gasteiger partial charge >= 0.3 is 0 Å². The van der Waals surface area contributed by atoms with Crippen LogP contribution in [0.1, 0.15) is 34.6 Å². The van der Waals surface area contributed by atoms with Crippen molar-refractivity contribution in [1.29, 1.82) is 0 Å². The van der Waals surface area contributed by atoms with Crippen LogP contribution in [0.4, 0.5) is 0 Å². The average Bonchev–Trinajstić information content (AvgIpc) is 2.78. The van der Waals surface area contributed by atoms with Gasteiger partial charge in [0.1, 0.15) is 23.6 Å². The monoisotopic (exact) mass is 276 g/mol. The third-order valence-electron chi connectivity index (χ3n) is 3.23. The predicted octanol–water partition coefficient (Wildman–Crippen LogP) is 1.49. The zero-order valence-corrected chi connectivity index (χ0v) is 12.7. The van der Waals surface area contributed by atoms with Gasteiger partial charge in [-0.2, -0.15) is 0 Å². The zero-order valence-electron chi connectivity index (χ0n) is 11.8. The van der Waals surface area contributed by atoms with Gasteiger partial charge in [0.2, 0.25) is 0 Å². The van der Waals surface area contributed by atoms with Crippen molar-refractivity contribution in [1.82, 2.24) is 0 Å². The SMILES string of the molecule is CC(C)[S+]([O-])C1CO[C@@H]2C(OC(C)(C)C)CO[C@H]12. The summed E-state index contributed by atoms with van der Waals surface area (Å²) >= 11 is -0.901. The first-order valence-corrected chi connectivity index (χ1v) is 7.87. The van der Waals surface area contributed by atoms with Crippen LogP contribution < -0.4 is 0 Å². The molecule has 2 heterocycles. The molecule has 0 aromatic heterocycles. The maximum atomic E-state index is 12.2. The van der Waals surface area contributed by atoms with E-state index in [1.165, 1.54) is 0 Å². The quantitative estimate of drug-likeness (QED) is 0.733. The van der Waals surface area contributed by atoms with E-state index in [2.05, 4.69) is 0 Å². The fraction of sp³-hybridized carbons (Fsp3) is 1.00. The van der Waals surface area contributed by atoms with E-state index in [0.717, 1.165) is 0 Å². The van der Waals surface area contributed by atoms with Crippen LogP contribution in [0.3, 0.4) is 0 Å². The molecule has 0 spiro atoms. The van der Waals surface area contributed by atoms with E-state index in [9.17, 15) is 4.55 Å². The highest BCUT2D eigenvalue weighted by molar-refractivity contribution is 7.92. The Morgan fingerprint density at radius 1 is 1.17 bits per heavy atom. The summed E-state index contributed by atoms with van der Waals surface area (Å²) in [7, 11) is 0. The molecule has 106 valence electrons. The van der Waals surface area contributed by atoms with E-state index >= 15 is 0 Å². The van der Waals surface area contributed by atoms with Gasteiger partial charge in [0.25, 0.3) is 0 Å². The Morgan fingerprint density at radius 2 is 1.78 bits per heavy atom. The molecule has 4 nitrogen and oxygen atoms in total. The van der Waals surface area contributed by atoms with E-state index in [1.54, 1.807) is 0 Å². The lowest BCUT2D eigenvalue weighted by Crippen LogP contribution is -2.41. The van der Waals surface area contributed by atoms with Crippen molar-refractivity contribution in [3.05, 3.63) is 0 Å². The smallest absolute Gasteiger partial charge is 0.167 e. The molecule has 0 saturated carbocycles. The van der Waals surface area contributed by atoms with Crippen LogP contribution in [-0.2, 0) is 25.4 Å². The molecule has 0 aliphatic carbocycles. The molecule has 2 aliphatic heterocycles. The molecule has 0 aromatic carbocycles. The van der Waals surface area contributed by atoms with Crippen LogP contribution in [-0.4, -0.2) is 52.2 Å². The summed E-state index contributed by atoms with van der Waals surface area (Å²) in [5.74, 6) is 0. The van der Waals surface area contributed by atoms with Crippen molar-refractivity contribution in [2.75, 3.05) is 13.2 Å². The van der Waals surface area contributed by atoms with Gasteiger partial charge in [-0.05, 0) is 45.8 Å². The second-order valence-electron chi connectivity index (χ2n) is 6.28. The van der Waals surface area contributed by atoms with Crippen LogP contribution in [0.5, 0.6) is 0 Å². The van der Waals surface area contributed by atoms with Gasteiger partial charge in [0.05, 0.1) is 18.8 Å². The first-order valence-electron chi connectivity index (χ1n) is 6.60. The Bertz CT molecular complexity index is 289. The molecule has 18 heavy (non-hydrogen) atoms. The Kier molecular flexibility index (Phi) is 4.29. The lowest BCUT2D eigenvalue weighted by atomic mass is 10.1. The Hall–Kier alpha value is 0.190. The van der Waals surface area contributed by atoms with Crippen molar-refractivity contribution in [2.24, 2.45) is 0 Å². The van der Waals surface area contributed by atoms with Crippen LogP contribution in [0, 0.1) is 0 Å². The van der Waals surface area contributed by atoms with Gasteiger partial charge in [0.15, 0.2) is 5.25 Å².